The molecular weight excluding hydrogens is 284 g/mol. The fourth-order valence-electron chi connectivity index (χ4n) is 2.39. The predicted octanol–water partition coefficient (Wildman–Crippen LogP) is 3.48. The standard InChI is InChI=1S/C16H28N2O2S/c1-5-7-11-18(12-8-6-2)21(19,20)16-13(3)9-10-15(17)14(16)4/h9-10H,5-8,11-12,17H2,1-4H3. The maximum atomic E-state index is 13.0. The van der Waals surface area contributed by atoms with Crippen LogP contribution in [0, 0.1) is 13.8 Å². The Morgan fingerprint density at radius 2 is 1.57 bits per heavy atom. The molecule has 0 fully saturated rings. The summed E-state index contributed by atoms with van der Waals surface area (Å²) in [4.78, 5) is 0.384. The molecule has 1 aromatic carbocycles. The van der Waals surface area contributed by atoms with Crippen LogP contribution < -0.4 is 5.73 Å². The lowest BCUT2D eigenvalue weighted by Gasteiger charge is -2.24. The Labute approximate surface area is 129 Å². The molecule has 0 saturated carbocycles. The molecule has 0 bridgehead atoms. The highest BCUT2D eigenvalue weighted by Crippen LogP contribution is 2.28. The number of anilines is 1. The molecule has 0 aliphatic heterocycles. The number of hydrogen-bond donors (Lipinski definition) is 1. The van der Waals surface area contributed by atoms with Crippen LogP contribution in [0.5, 0.6) is 0 Å². The van der Waals surface area contributed by atoms with Gasteiger partial charge in [-0.1, -0.05) is 32.8 Å². The molecule has 0 aliphatic carbocycles. The second kappa shape index (κ2) is 7.80. The minimum atomic E-state index is -3.48. The molecule has 1 rings (SSSR count). The van der Waals surface area contributed by atoms with Crippen molar-refractivity contribution in [3.63, 3.8) is 0 Å². The molecule has 2 N–H and O–H groups in total. The van der Waals surface area contributed by atoms with Crippen LogP contribution in [0.15, 0.2) is 17.0 Å². The van der Waals surface area contributed by atoms with E-state index in [0.29, 0.717) is 29.2 Å². The number of nitrogen functional groups attached to an aromatic ring is 1. The van der Waals surface area contributed by atoms with Gasteiger partial charge in [-0.15, -0.1) is 0 Å². The van der Waals surface area contributed by atoms with Crippen molar-refractivity contribution < 1.29 is 8.42 Å². The normalized spacial score (nSPS) is 12.0. The molecular formula is C16H28N2O2S. The van der Waals surface area contributed by atoms with E-state index in [0.717, 1.165) is 31.2 Å². The molecule has 1 aromatic rings. The van der Waals surface area contributed by atoms with Crippen molar-refractivity contribution in [2.45, 2.75) is 58.3 Å². The van der Waals surface area contributed by atoms with E-state index in [9.17, 15) is 8.42 Å². The number of nitrogens with zero attached hydrogens (tertiary/aromatic N) is 1. The third-order valence-corrected chi connectivity index (χ3v) is 5.95. The van der Waals surface area contributed by atoms with Gasteiger partial charge in [0.1, 0.15) is 0 Å². The zero-order chi connectivity index (χ0) is 16.0. The van der Waals surface area contributed by atoms with Gasteiger partial charge in [-0.05, 0) is 43.9 Å². The third kappa shape index (κ3) is 4.20. The molecule has 0 aromatic heterocycles. The maximum absolute atomic E-state index is 13.0. The van der Waals surface area contributed by atoms with E-state index >= 15 is 0 Å². The van der Waals surface area contributed by atoms with E-state index in [-0.39, 0.29) is 0 Å². The molecule has 5 heteroatoms. The van der Waals surface area contributed by atoms with Gasteiger partial charge < -0.3 is 5.73 Å². The molecule has 0 heterocycles. The fraction of sp³-hybridized carbons (Fsp3) is 0.625. The summed E-state index contributed by atoms with van der Waals surface area (Å²) < 4.78 is 27.6. The van der Waals surface area contributed by atoms with Gasteiger partial charge in [-0.2, -0.15) is 4.31 Å². The van der Waals surface area contributed by atoms with Crippen molar-refractivity contribution in [2.75, 3.05) is 18.8 Å². The van der Waals surface area contributed by atoms with Gasteiger partial charge in [0, 0.05) is 18.8 Å². The van der Waals surface area contributed by atoms with Crippen molar-refractivity contribution in [1.29, 1.82) is 0 Å². The van der Waals surface area contributed by atoms with E-state index in [1.807, 2.05) is 6.92 Å². The van der Waals surface area contributed by atoms with Crippen LogP contribution in [0.1, 0.15) is 50.7 Å². The van der Waals surface area contributed by atoms with Crippen molar-refractivity contribution in [3.05, 3.63) is 23.3 Å². The number of rotatable bonds is 8. The van der Waals surface area contributed by atoms with Crippen molar-refractivity contribution >= 4 is 15.7 Å². The summed E-state index contributed by atoms with van der Waals surface area (Å²) in [5, 5.41) is 0. The Balaban J connectivity index is 3.25. The summed E-state index contributed by atoms with van der Waals surface area (Å²) in [6.45, 7) is 8.91. The highest BCUT2D eigenvalue weighted by atomic mass is 32.2. The molecule has 0 atom stereocenters. The average Bonchev–Trinajstić information content (AvgIpc) is 2.43. The van der Waals surface area contributed by atoms with Gasteiger partial charge in [-0.25, -0.2) is 8.42 Å². The van der Waals surface area contributed by atoms with Crippen LogP contribution in [0.2, 0.25) is 0 Å². The number of hydrogen-bond acceptors (Lipinski definition) is 3. The minimum absolute atomic E-state index is 0.384. The molecule has 0 radical (unpaired) electrons. The quantitative estimate of drug-likeness (QED) is 0.747. The smallest absolute Gasteiger partial charge is 0.243 e. The van der Waals surface area contributed by atoms with Crippen LogP contribution in [-0.2, 0) is 10.0 Å². The molecule has 0 saturated heterocycles. The first-order valence-corrected chi connectivity index (χ1v) is 9.16. The topological polar surface area (TPSA) is 63.4 Å². The lowest BCUT2D eigenvalue weighted by Crippen LogP contribution is -2.34. The van der Waals surface area contributed by atoms with Gasteiger partial charge >= 0.3 is 0 Å². The second-order valence-corrected chi connectivity index (χ2v) is 7.41. The number of benzene rings is 1. The zero-order valence-electron chi connectivity index (χ0n) is 13.6. The Bertz CT molecular complexity index is 560. The monoisotopic (exact) mass is 312 g/mol. The first-order chi connectivity index (χ1) is 9.86. The van der Waals surface area contributed by atoms with Crippen LogP contribution >= 0.6 is 0 Å². The summed E-state index contributed by atoms with van der Waals surface area (Å²) in [5.41, 5.74) is 7.86. The molecule has 0 spiro atoms. The van der Waals surface area contributed by atoms with Gasteiger partial charge in [0.25, 0.3) is 0 Å². The molecule has 4 nitrogen and oxygen atoms in total. The lowest BCUT2D eigenvalue weighted by atomic mass is 10.1. The summed E-state index contributed by atoms with van der Waals surface area (Å²) in [6, 6.07) is 3.55. The van der Waals surface area contributed by atoms with Crippen LogP contribution in [0.4, 0.5) is 5.69 Å². The van der Waals surface area contributed by atoms with Gasteiger partial charge in [0.15, 0.2) is 0 Å². The lowest BCUT2D eigenvalue weighted by molar-refractivity contribution is 0.395. The molecule has 0 aliphatic rings. The molecule has 0 unspecified atom stereocenters. The number of nitrogens with two attached hydrogens (primary N) is 1. The van der Waals surface area contributed by atoms with E-state index in [2.05, 4.69) is 13.8 Å². The molecule has 21 heavy (non-hydrogen) atoms. The summed E-state index contributed by atoms with van der Waals surface area (Å²) in [5.74, 6) is 0. The summed E-state index contributed by atoms with van der Waals surface area (Å²) in [6.07, 6.45) is 3.72. The van der Waals surface area contributed by atoms with Gasteiger partial charge in [0.05, 0.1) is 4.90 Å². The Morgan fingerprint density at radius 1 is 1.05 bits per heavy atom. The number of aryl methyl sites for hydroxylation is 1. The average molecular weight is 312 g/mol. The summed E-state index contributed by atoms with van der Waals surface area (Å²) in [7, 11) is -3.48. The Kier molecular flexibility index (Phi) is 6.68. The van der Waals surface area contributed by atoms with Crippen LogP contribution in [-0.4, -0.2) is 25.8 Å². The number of sulfonamides is 1. The van der Waals surface area contributed by atoms with Crippen molar-refractivity contribution in [3.8, 4) is 0 Å². The van der Waals surface area contributed by atoms with Crippen molar-refractivity contribution in [1.82, 2.24) is 4.31 Å². The highest BCUT2D eigenvalue weighted by Gasteiger charge is 2.27. The first-order valence-electron chi connectivity index (χ1n) is 7.72. The SMILES string of the molecule is CCCCN(CCCC)S(=O)(=O)c1c(C)ccc(N)c1C. The minimum Gasteiger partial charge on any atom is -0.398 e. The molecule has 120 valence electrons. The third-order valence-electron chi connectivity index (χ3n) is 3.76. The first kappa shape index (κ1) is 18.0. The van der Waals surface area contributed by atoms with Crippen molar-refractivity contribution in [2.24, 2.45) is 0 Å². The van der Waals surface area contributed by atoms with Crippen LogP contribution in [0.25, 0.3) is 0 Å². The van der Waals surface area contributed by atoms with Gasteiger partial charge in [-0.3, -0.25) is 0 Å². The van der Waals surface area contributed by atoms with E-state index in [1.54, 1.807) is 23.4 Å². The second-order valence-electron chi connectivity index (χ2n) is 5.54. The van der Waals surface area contributed by atoms with E-state index in [4.69, 9.17) is 5.73 Å². The zero-order valence-corrected chi connectivity index (χ0v) is 14.5. The predicted molar refractivity (Wildman–Crippen MR) is 88.9 cm³/mol. The fourth-order valence-corrected chi connectivity index (χ4v) is 4.37. The largest absolute Gasteiger partial charge is 0.398 e. The molecule has 0 amide bonds. The van der Waals surface area contributed by atoms with Crippen LogP contribution in [0.3, 0.4) is 0 Å². The van der Waals surface area contributed by atoms with E-state index < -0.39 is 10.0 Å². The van der Waals surface area contributed by atoms with Gasteiger partial charge in [0.2, 0.25) is 10.0 Å². The maximum Gasteiger partial charge on any atom is 0.243 e. The Hall–Kier alpha value is -1.07. The summed E-state index contributed by atoms with van der Waals surface area (Å²) >= 11 is 0. The van der Waals surface area contributed by atoms with E-state index in [1.165, 1.54) is 0 Å². The Morgan fingerprint density at radius 3 is 2.05 bits per heavy atom. The highest BCUT2D eigenvalue weighted by molar-refractivity contribution is 7.89. The number of unbranched alkanes of at least 4 members (excludes halogenated alkanes) is 2.